The molecule has 0 bridgehead atoms. The molecule has 0 aliphatic heterocycles. The number of methoxy groups -OCH3 is 2. The molecule has 0 saturated heterocycles. The van der Waals surface area contributed by atoms with Crippen molar-refractivity contribution >= 4 is 27.5 Å². The standard InChI is InChI=1S/C18H21BrN2O3/c1-21(11-13-4-9-16(23-2)17(10-13)24-3)12-18(22)20-15-7-5-14(19)6-8-15/h4-10H,11-12H2,1-3H3,(H,20,22)/p+1. The van der Waals surface area contributed by atoms with Crippen molar-refractivity contribution in [2.24, 2.45) is 0 Å². The molecule has 5 nitrogen and oxygen atoms in total. The number of rotatable bonds is 7. The van der Waals surface area contributed by atoms with Crippen molar-refractivity contribution in [1.29, 1.82) is 0 Å². The van der Waals surface area contributed by atoms with E-state index in [1.54, 1.807) is 14.2 Å². The third kappa shape index (κ3) is 5.25. The summed E-state index contributed by atoms with van der Waals surface area (Å²) in [5.74, 6) is 1.38. The largest absolute Gasteiger partial charge is 0.493 e. The zero-order valence-corrected chi connectivity index (χ0v) is 15.6. The number of anilines is 1. The van der Waals surface area contributed by atoms with Crippen LogP contribution in [0.25, 0.3) is 0 Å². The molecule has 0 heterocycles. The van der Waals surface area contributed by atoms with Crippen molar-refractivity contribution in [2.75, 3.05) is 33.1 Å². The predicted molar refractivity (Wildman–Crippen MR) is 97.8 cm³/mol. The highest BCUT2D eigenvalue weighted by atomic mass is 79.9. The van der Waals surface area contributed by atoms with Crippen molar-refractivity contribution in [2.45, 2.75) is 6.54 Å². The summed E-state index contributed by atoms with van der Waals surface area (Å²) in [5, 5.41) is 2.90. The number of likely N-dealkylation sites (N-methyl/N-ethyl adjacent to an activating group) is 1. The van der Waals surface area contributed by atoms with Crippen LogP contribution >= 0.6 is 15.9 Å². The lowest BCUT2D eigenvalue weighted by Gasteiger charge is -2.15. The molecule has 2 N–H and O–H groups in total. The molecular formula is C18H22BrN2O3+. The SMILES string of the molecule is COc1ccc(C[NH+](C)CC(=O)Nc2ccc(Br)cc2)cc1OC. The fourth-order valence-electron chi connectivity index (χ4n) is 2.41. The number of halogens is 1. The highest BCUT2D eigenvalue weighted by Gasteiger charge is 2.12. The summed E-state index contributed by atoms with van der Waals surface area (Å²) < 4.78 is 11.5. The number of carbonyl (C=O) groups excluding carboxylic acids is 1. The first-order valence-electron chi connectivity index (χ1n) is 7.59. The van der Waals surface area contributed by atoms with Gasteiger partial charge in [-0.2, -0.15) is 0 Å². The summed E-state index contributed by atoms with van der Waals surface area (Å²) in [6.07, 6.45) is 0. The molecule has 2 aromatic carbocycles. The van der Waals surface area contributed by atoms with Gasteiger partial charge in [-0.15, -0.1) is 0 Å². The molecule has 24 heavy (non-hydrogen) atoms. The van der Waals surface area contributed by atoms with E-state index in [4.69, 9.17) is 9.47 Å². The van der Waals surface area contributed by atoms with Crippen LogP contribution in [-0.2, 0) is 11.3 Å². The van der Waals surface area contributed by atoms with Crippen LogP contribution < -0.4 is 19.7 Å². The third-order valence-electron chi connectivity index (χ3n) is 3.54. The molecule has 1 atom stereocenters. The van der Waals surface area contributed by atoms with E-state index in [9.17, 15) is 4.79 Å². The molecule has 128 valence electrons. The average molecular weight is 394 g/mol. The van der Waals surface area contributed by atoms with E-state index >= 15 is 0 Å². The molecule has 1 unspecified atom stereocenters. The first-order valence-corrected chi connectivity index (χ1v) is 8.38. The van der Waals surface area contributed by atoms with Crippen LogP contribution in [0.4, 0.5) is 5.69 Å². The smallest absolute Gasteiger partial charge is 0.279 e. The minimum absolute atomic E-state index is 0.0182. The lowest BCUT2D eigenvalue weighted by atomic mass is 10.2. The van der Waals surface area contributed by atoms with Crippen LogP contribution in [0.3, 0.4) is 0 Å². The Bertz CT molecular complexity index is 689. The first-order chi connectivity index (χ1) is 11.5. The molecule has 0 saturated carbocycles. The van der Waals surface area contributed by atoms with Crippen LogP contribution in [0.2, 0.25) is 0 Å². The maximum absolute atomic E-state index is 12.1. The van der Waals surface area contributed by atoms with Gasteiger partial charge in [0.15, 0.2) is 18.0 Å². The van der Waals surface area contributed by atoms with Gasteiger partial charge in [0.1, 0.15) is 6.54 Å². The van der Waals surface area contributed by atoms with Crippen molar-refractivity contribution in [1.82, 2.24) is 0 Å². The second kappa shape index (κ2) is 8.70. The summed E-state index contributed by atoms with van der Waals surface area (Å²) >= 11 is 3.37. The quantitative estimate of drug-likeness (QED) is 0.757. The van der Waals surface area contributed by atoms with Gasteiger partial charge in [-0.25, -0.2) is 0 Å². The predicted octanol–water partition coefficient (Wildman–Crippen LogP) is 2.12. The third-order valence-corrected chi connectivity index (χ3v) is 4.07. The molecule has 0 aliphatic carbocycles. The molecule has 6 heteroatoms. The molecule has 2 aromatic rings. The Morgan fingerprint density at radius 2 is 1.75 bits per heavy atom. The maximum atomic E-state index is 12.1. The van der Waals surface area contributed by atoms with Gasteiger partial charge >= 0.3 is 0 Å². The van der Waals surface area contributed by atoms with Crippen LogP contribution in [0.5, 0.6) is 11.5 Å². The Morgan fingerprint density at radius 3 is 2.38 bits per heavy atom. The molecule has 0 spiro atoms. The summed E-state index contributed by atoms with van der Waals surface area (Å²) in [5.41, 5.74) is 1.88. The Labute approximate surface area is 150 Å². The van der Waals surface area contributed by atoms with Gasteiger partial charge < -0.3 is 19.7 Å². The average Bonchev–Trinajstić information content (AvgIpc) is 2.56. The zero-order valence-electron chi connectivity index (χ0n) is 14.1. The minimum atomic E-state index is -0.0182. The summed E-state index contributed by atoms with van der Waals surface area (Å²) in [6, 6.07) is 13.3. The van der Waals surface area contributed by atoms with E-state index in [0.717, 1.165) is 20.6 Å². The van der Waals surface area contributed by atoms with E-state index in [2.05, 4.69) is 21.2 Å². The Morgan fingerprint density at radius 1 is 1.08 bits per heavy atom. The fraction of sp³-hybridized carbons (Fsp3) is 0.278. The number of hydrogen-bond acceptors (Lipinski definition) is 3. The molecular weight excluding hydrogens is 372 g/mol. The molecule has 2 rings (SSSR count). The topological polar surface area (TPSA) is 52.0 Å². The van der Waals surface area contributed by atoms with Gasteiger partial charge in [0.2, 0.25) is 0 Å². The van der Waals surface area contributed by atoms with Gasteiger partial charge in [0.05, 0.1) is 21.3 Å². The molecule has 0 radical (unpaired) electrons. The number of carbonyl (C=O) groups is 1. The lowest BCUT2D eigenvalue weighted by molar-refractivity contribution is -0.885. The van der Waals surface area contributed by atoms with E-state index in [-0.39, 0.29) is 5.91 Å². The maximum Gasteiger partial charge on any atom is 0.279 e. The van der Waals surface area contributed by atoms with Gasteiger partial charge in [0, 0.05) is 15.7 Å². The first kappa shape index (κ1) is 18.3. The monoisotopic (exact) mass is 393 g/mol. The van der Waals surface area contributed by atoms with E-state index in [0.29, 0.717) is 24.6 Å². The molecule has 0 aromatic heterocycles. The number of amides is 1. The fourth-order valence-corrected chi connectivity index (χ4v) is 2.68. The van der Waals surface area contributed by atoms with Gasteiger partial charge in [0.25, 0.3) is 5.91 Å². The van der Waals surface area contributed by atoms with Crippen LogP contribution in [0.1, 0.15) is 5.56 Å². The minimum Gasteiger partial charge on any atom is -0.493 e. The Balaban J connectivity index is 1.91. The van der Waals surface area contributed by atoms with Crippen molar-refractivity contribution < 1.29 is 19.2 Å². The Kier molecular flexibility index (Phi) is 6.63. The van der Waals surface area contributed by atoms with Crippen LogP contribution in [0.15, 0.2) is 46.9 Å². The second-order valence-corrected chi connectivity index (χ2v) is 6.47. The number of quaternary nitrogens is 1. The highest BCUT2D eigenvalue weighted by molar-refractivity contribution is 9.10. The Hall–Kier alpha value is -2.05. The summed E-state index contributed by atoms with van der Waals surface area (Å²) in [4.78, 5) is 13.2. The van der Waals surface area contributed by atoms with E-state index in [1.165, 1.54) is 0 Å². The van der Waals surface area contributed by atoms with E-state index < -0.39 is 0 Å². The van der Waals surface area contributed by atoms with Crippen LogP contribution in [0, 0.1) is 0 Å². The number of ether oxygens (including phenoxy) is 2. The second-order valence-electron chi connectivity index (χ2n) is 5.56. The summed E-state index contributed by atoms with van der Waals surface area (Å²) in [7, 11) is 5.21. The van der Waals surface area contributed by atoms with Crippen LogP contribution in [-0.4, -0.2) is 33.7 Å². The van der Waals surface area contributed by atoms with Gasteiger partial charge in [-0.3, -0.25) is 4.79 Å². The normalized spacial score (nSPS) is 11.7. The van der Waals surface area contributed by atoms with Crippen molar-refractivity contribution in [3.05, 3.63) is 52.5 Å². The molecule has 1 amide bonds. The van der Waals surface area contributed by atoms with Gasteiger partial charge in [-0.1, -0.05) is 15.9 Å². The van der Waals surface area contributed by atoms with Crippen molar-refractivity contribution in [3.8, 4) is 11.5 Å². The molecule has 0 aliphatic rings. The number of nitrogens with one attached hydrogen (secondary N) is 2. The molecule has 0 fully saturated rings. The number of benzene rings is 2. The highest BCUT2D eigenvalue weighted by Crippen LogP contribution is 2.27. The van der Waals surface area contributed by atoms with Gasteiger partial charge in [-0.05, 0) is 42.5 Å². The number of hydrogen-bond donors (Lipinski definition) is 2. The lowest BCUT2D eigenvalue weighted by Crippen LogP contribution is -3.08. The van der Waals surface area contributed by atoms with Crippen molar-refractivity contribution in [3.63, 3.8) is 0 Å². The van der Waals surface area contributed by atoms with E-state index in [1.807, 2.05) is 49.5 Å². The summed E-state index contributed by atoms with van der Waals surface area (Å²) in [6.45, 7) is 1.10. The zero-order chi connectivity index (χ0) is 17.5.